The Morgan fingerprint density at radius 2 is 1.60 bits per heavy atom. The highest BCUT2D eigenvalue weighted by Gasteiger charge is 2.13. The van der Waals surface area contributed by atoms with Crippen molar-refractivity contribution in [1.82, 2.24) is 9.55 Å². The lowest BCUT2D eigenvalue weighted by atomic mass is 10.0. The fourth-order valence-corrected chi connectivity index (χ4v) is 3.53. The molecule has 30 heavy (non-hydrogen) atoms. The Morgan fingerprint density at radius 1 is 0.900 bits per heavy atom. The van der Waals surface area contributed by atoms with Crippen molar-refractivity contribution in [2.45, 2.75) is 13.5 Å². The number of fused-ring (bicyclic) bond motifs is 1. The molecule has 6 heteroatoms. The summed E-state index contributed by atoms with van der Waals surface area (Å²) in [5, 5.41) is 4.33. The van der Waals surface area contributed by atoms with Crippen molar-refractivity contribution in [3.05, 3.63) is 77.3 Å². The van der Waals surface area contributed by atoms with E-state index < -0.39 is 0 Å². The van der Waals surface area contributed by atoms with E-state index in [-0.39, 0.29) is 5.56 Å². The number of rotatable bonds is 6. The van der Waals surface area contributed by atoms with Crippen molar-refractivity contribution in [2.24, 2.45) is 0 Å². The molecule has 0 saturated carbocycles. The topological polar surface area (TPSA) is 65.4 Å². The zero-order valence-corrected chi connectivity index (χ0v) is 17.2. The van der Waals surface area contributed by atoms with Crippen LogP contribution in [0.2, 0.25) is 0 Å². The molecular weight excluding hydrogens is 378 g/mol. The number of nitrogens with one attached hydrogen (secondary N) is 1. The number of hydrogen-bond donors (Lipinski definition) is 1. The minimum Gasteiger partial charge on any atom is -0.497 e. The molecule has 0 amide bonds. The summed E-state index contributed by atoms with van der Waals surface area (Å²) >= 11 is 0. The number of ether oxygens (including phenoxy) is 2. The first-order valence-electron chi connectivity index (χ1n) is 9.71. The molecule has 0 unspecified atom stereocenters. The molecule has 2 aromatic heterocycles. The van der Waals surface area contributed by atoms with Crippen LogP contribution < -0.4 is 20.3 Å². The summed E-state index contributed by atoms with van der Waals surface area (Å²) in [4.78, 5) is 17.4. The van der Waals surface area contributed by atoms with Gasteiger partial charge in [-0.25, -0.2) is 0 Å². The van der Waals surface area contributed by atoms with E-state index in [1.54, 1.807) is 37.2 Å². The molecule has 4 rings (SSSR count). The predicted octanol–water partition coefficient (Wildman–Crippen LogP) is 4.84. The van der Waals surface area contributed by atoms with Crippen molar-refractivity contribution in [2.75, 3.05) is 19.5 Å². The van der Waals surface area contributed by atoms with Gasteiger partial charge in [0.05, 0.1) is 19.7 Å². The highest BCUT2D eigenvalue weighted by Crippen LogP contribution is 2.30. The van der Waals surface area contributed by atoms with Gasteiger partial charge in [-0.2, -0.15) is 0 Å². The van der Waals surface area contributed by atoms with Gasteiger partial charge in [-0.3, -0.25) is 9.78 Å². The van der Waals surface area contributed by atoms with Gasteiger partial charge in [0.2, 0.25) is 0 Å². The summed E-state index contributed by atoms with van der Waals surface area (Å²) in [7, 11) is 3.20. The smallest absolute Gasteiger partial charge is 0.258 e. The third kappa shape index (κ3) is 3.72. The predicted molar refractivity (Wildman–Crippen MR) is 120 cm³/mol. The standard InChI is InChI=1S/C24H23N3O3/c1-4-27-23-14-19(26-18-7-9-25-10-8-18)6-5-16(23)13-22(24(27)28)17-11-20(29-2)15-21(12-17)30-3/h5-15H,4H2,1-3H3,(H,25,26). The molecule has 6 nitrogen and oxygen atoms in total. The van der Waals surface area contributed by atoms with Gasteiger partial charge in [0, 0.05) is 41.9 Å². The number of aromatic nitrogens is 2. The Kier molecular flexibility index (Phi) is 5.39. The van der Waals surface area contributed by atoms with Crippen LogP contribution in [0.1, 0.15) is 6.92 Å². The van der Waals surface area contributed by atoms with E-state index in [1.807, 2.05) is 55.5 Å². The first kappa shape index (κ1) is 19.5. The maximum atomic E-state index is 13.3. The minimum atomic E-state index is -0.0543. The Bertz CT molecular complexity index is 1230. The van der Waals surface area contributed by atoms with E-state index in [9.17, 15) is 4.79 Å². The largest absolute Gasteiger partial charge is 0.497 e. The lowest BCUT2D eigenvalue weighted by molar-refractivity contribution is 0.394. The van der Waals surface area contributed by atoms with Crippen LogP contribution in [0.25, 0.3) is 22.0 Å². The van der Waals surface area contributed by atoms with Crippen LogP contribution in [0.4, 0.5) is 11.4 Å². The van der Waals surface area contributed by atoms with Crippen LogP contribution in [0.5, 0.6) is 11.5 Å². The molecule has 0 aliphatic rings. The zero-order valence-electron chi connectivity index (χ0n) is 17.2. The number of anilines is 2. The monoisotopic (exact) mass is 401 g/mol. The fourth-order valence-electron chi connectivity index (χ4n) is 3.53. The van der Waals surface area contributed by atoms with E-state index in [0.29, 0.717) is 23.6 Å². The number of nitrogens with zero attached hydrogens (tertiary/aromatic N) is 2. The van der Waals surface area contributed by atoms with Gasteiger partial charge in [-0.1, -0.05) is 6.07 Å². The van der Waals surface area contributed by atoms with E-state index in [4.69, 9.17) is 9.47 Å². The molecule has 0 radical (unpaired) electrons. The average Bonchev–Trinajstić information content (AvgIpc) is 2.79. The number of aryl methyl sites for hydroxylation is 1. The minimum absolute atomic E-state index is 0.0543. The second-order valence-corrected chi connectivity index (χ2v) is 6.84. The zero-order chi connectivity index (χ0) is 21.1. The maximum absolute atomic E-state index is 13.3. The van der Waals surface area contributed by atoms with Gasteiger partial charge in [-0.15, -0.1) is 0 Å². The van der Waals surface area contributed by atoms with Crippen LogP contribution in [0, 0.1) is 0 Å². The second-order valence-electron chi connectivity index (χ2n) is 6.84. The van der Waals surface area contributed by atoms with Gasteiger partial charge < -0.3 is 19.4 Å². The molecule has 2 aromatic carbocycles. The third-order valence-corrected chi connectivity index (χ3v) is 5.04. The lowest BCUT2D eigenvalue weighted by Crippen LogP contribution is -2.21. The number of pyridine rings is 2. The summed E-state index contributed by atoms with van der Waals surface area (Å²) in [5.41, 5.74) is 4.04. The molecule has 0 saturated heterocycles. The Morgan fingerprint density at radius 3 is 2.23 bits per heavy atom. The second kappa shape index (κ2) is 8.29. The van der Waals surface area contributed by atoms with Gasteiger partial charge in [0.1, 0.15) is 11.5 Å². The summed E-state index contributed by atoms with van der Waals surface area (Å²) in [5.74, 6) is 1.28. The SMILES string of the molecule is CCn1c(=O)c(-c2cc(OC)cc(OC)c2)cc2ccc(Nc3ccncc3)cc21. The maximum Gasteiger partial charge on any atom is 0.258 e. The lowest BCUT2D eigenvalue weighted by Gasteiger charge is -2.14. The van der Waals surface area contributed by atoms with Crippen LogP contribution in [-0.2, 0) is 6.54 Å². The van der Waals surface area contributed by atoms with Crippen LogP contribution in [-0.4, -0.2) is 23.8 Å². The highest BCUT2D eigenvalue weighted by molar-refractivity contribution is 5.87. The highest BCUT2D eigenvalue weighted by atomic mass is 16.5. The molecular formula is C24H23N3O3. The molecule has 0 spiro atoms. The van der Waals surface area contributed by atoms with Crippen molar-refractivity contribution in [3.8, 4) is 22.6 Å². The van der Waals surface area contributed by atoms with E-state index >= 15 is 0 Å². The van der Waals surface area contributed by atoms with E-state index in [2.05, 4.69) is 10.3 Å². The summed E-state index contributed by atoms with van der Waals surface area (Å²) in [6.07, 6.45) is 3.47. The first-order valence-corrected chi connectivity index (χ1v) is 9.71. The van der Waals surface area contributed by atoms with Crippen LogP contribution in [0.15, 0.2) is 71.8 Å². The molecule has 152 valence electrons. The average molecular weight is 401 g/mol. The molecule has 2 heterocycles. The number of benzene rings is 2. The van der Waals surface area contributed by atoms with Crippen LogP contribution in [0.3, 0.4) is 0 Å². The molecule has 1 N–H and O–H groups in total. The normalized spacial score (nSPS) is 10.8. The summed E-state index contributed by atoms with van der Waals surface area (Å²) < 4.78 is 12.5. The Hall–Kier alpha value is -3.80. The molecule has 4 aromatic rings. The van der Waals surface area contributed by atoms with Crippen molar-refractivity contribution in [3.63, 3.8) is 0 Å². The third-order valence-electron chi connectivity index (χ3n) is 5.04. The van der Waals surface area contributed by atoms with Gasteiger partial charge in [0.15, 0.2) is 0 Å². The van der Waals surface area contributed by atoms with Crippen molar-refractivity contribution < 1.29 is 9.47 Å². The number of hydrogen-bond acceptors (Lipinski definition) is 5. The van der Waals surface area contributed by atoms with E-state index in [1.165, 1.54) is 0 Å². The van der Waals surface area contributed by atoms with Crippen molar-refractivity contribution in [1.29, 1.82) is 0 Å². The molecule has 0 aliphatic carbocycles. The first-order chi connectivity index (χ1) is 14.6. The molecule has 0 bridgehead atoms. The quantitative estimate of drug-likeness (QED) is 0.501. The molecule has 0 fully saturated rings. The van der Waals surface area contributed by atoms with Gasteiger partial charge >= 0.3 is 0 Å². The van der Waals surface area contributed by atoms with Crippen molar-refractivity contribution >= 4 is 22.3 Å². The molecule has 0 atom stereocenters. The van der Waals surface area contributed by atoms with Gasteiger partial charge in [-0.05, 0) is 60.3 Å². The summed E-state index contributed by atoms with van der Waals surface area (Å²) in [6, 6.07) is 17.2. The number of methoxy groups -OCH3 is 2. The molecule has 0 aliphatic heterocycles. The fraction of sp³-hybridized carbons (Fsp3) is 0.167. The Labute approximate surface area is 174 Å². The van der Waals surface area contributed by atoms with Gasteiger partial charge in [0.25, 0.3) is 5.56 Å². The van der Waals surface area contributed by atoms with Crippen LogP contribution >= 0.6 is 0 Å². The summed E-state index contributed by atoms with van der Waals surface area (Å²) in [6.45, 7) is 2.53. The van der Waals surface area contributed by atoms with E-state index in [0.717, 1.165) is 27.8 Å². The Balaban J connectivity index is 1.85.